The van der Waals surface area contributed by atoms with E-state index in [0.29, 0.717) is 5.92 Å². The van der Waals surface area contributed by atoms with Crippen LogP contribution in [0.1, 0.15) is 38.2 Å². The van der Waals surface area contributed by atoms with Crippen LogP contribution in [0.4, 0.5) is 5.13 Å². The summed E-state index contributed by atoms with van der Waals surface area (Å²) in [5, 5.41) is 3.75. The number of para-hydroxylation sites is 1. The number of hydrogen-bond acceptors (Lipinski definition) is 3. The van der Waals surface area contributed by atoms with Crippen molar-refractivity contribution in [1.82, 2.24) is 4.98 Å². The number of carbonyl (C=O) groups is 1. The Bertz CT molecular complexity index is 634. The van der Waals surface area contributed by atoms with Crippen molar-refractivity contribution in [3.8, 4) is 0 Å². The number of anilines is 1. The molecule has 1 heterocycles. The predicted octanol–water partition coefficient (Wildman–Crippen LogP) is 4.37. The lowest BCUT2D eigenvalue weighted by molar-refractivity contribution is -0.121. The van der Waals surface area contributed by atoms with Gasteiger partial charge in [-0.25, -0.2) is 4.98 Å². The maximum Gasteiger partial charge on any atom is 0.229 e. The molecular weight excluding hydrogens is 268 g/mol. The Morgan fingerprint density at radius 1 is 1.40 bits per heavy atom. The Balaban J connectivity index is 1.75. The zero-order valence-corrected chi connectivity index (χ0v) is 12.8. The molecule has 3 nitrogen and oxygen atoms in total. The minimum Gasteiger partial charge on any atom is -0.302 e. The van der Waals surface area contributed by atoms with Crippen molar-refractivity contribution in [2.75, 3.05) is 5.32 Å². The fourth-order valence-corrected chi connectivity index (χ4v) is 3.97. The third-order valence-corrected chi connectivity index (χ3v) is 5.09. The average molecular weight is 288 g/mol. The molecule has 1 amide bonds. The molecule has 2 aromatic rings. The largest absolute Gasteiger partial charge is 0.302 e. The van der Waals surface area contributed by atoms with E-state index in [9.17, 15) is 4.79 Å². The number of rotatable bonds is 2. The van der Waals surface area contributed by atoms with E-state index in [1.807, 2.05) is 6.07 Å². The molecule has 0 aliphatic heterocycles. The molecule has 2 unspecified atom stereocenters. The Kier molecular flexibility index (Phi) is 3.74. The van der Waals surface area contributed by atoms with Gasteiger partial charge in [0.05, 0.1) is 10.2 Å². The predicted molar refractivity (Wildman–Crippen MR) is 84.1 cm³/mol. The van der Waals surface area contributed by atoms with Crippen molar-refractivity contribution in [2.24, 2.45) is 11.8 Å². The van der Waals surface area contributed by atoms with Crippen molar-refractivity contribution in [2.45, 2.75) is 39.5 Å². The molecule has 0 saturated heterocycles. The molecule has 1 aromatic heterocycles. The van der Waals surface area contributed by atoms with Crippen molar-refractivity contribution < 1.29 is 4.79 Å². The summed E-state index contributed by atoms with van der Waals surface area (Å²) in [6.45, 7) is 4.29. The summed E-state index contributed by atoms with van der Waals surface area (Å²) in [5.41, 5.74) is 2.16. The molecule has 4 heteroatoms. The fraction of sp³-hybridized carbons (Fsp3) is 0.500. The summed E-state index contributed by atoms with van der Waals surface area (Å²) in [4.78, 5) is 16.9. The number of carbonyl (C=O) groups excluding carboxylic acids is 1. The van der Waals surface area contributed by atoms with E-state index in [4.69, 9.17) is 0 Å². The van der Waals surface area contributed by atoms with Gasteiger partial charge in [-0.15, -0.1) is 0 Å². The van der Waals surface area contributed by atoms with E-state index < -0.39 is 0 Å². The van der Waals surface area contributed by atoms with Gasteiger partial charge in [0.1, 0.15) is 0 Å². The highest BCUT2D eigenvalue weighted by Gasteiger charge is 2.25. The van der Waals surface area contributed by atoms with Crippen molar-refractivity contribution >= 4 is 32.6 Å². The number of fused-ring (bicyclic) bond motifs is 1. The molecule has 3 rings (SSSR count). The van der Waals surface area contributed by atoms with E-state index in [-0.39, 0.29) is 11.8 Å². The second kappa shape index (κ2) is 5.52. The fourth-order valence-electron chi connectivity index (χ4n) is 3.02. The highest BCUT2D eigenvalue weighted by atomic mass is 32.1. The summed E-state index contributed by atoms with van der Waals surface area (Å²) < 4.78 is 1.14. The smallest absolute Gasteiger partial charge is 0.229 e. The second-order valence-electron chi connectivity index (χ2n) is 5.90. The van der Waals surface area contributed by atoms with E-state index >= 15 is 0 Å². The van der Waals surface area contributed by atoms with Crippen LogP contribution in [0.15, 0.2) is 18.2 Å². The van der Waals surface area contributed by atoms with Crippen LogP contribution >= 0.6 is 11.3 Å². The normalized spacial score (nSPS) is 22.9. The maximum absolute atomic E-state index is 12.3. The summed E-state index contributed by atoms with van der Waals surface area (Å²) in [6, 6.07) is 6.14. The van der Waals surface area contributed by atoms with Crippen LogP contribution in [0.25, 0.3) is 10.2 Å². The van der Waals surface area contributed by atoms with E-state index in [0.717, 1.165) is 40.2 Å². The molecule has 106 valence electrons. The first-order valence-corrected chi connectivity index (χ1v) is 8.12. The standard InChI is InChI=1S/C16H20N2OS/c1-10-5-3-7-12(9-10)15(19)18-16-17-14-11(2)6-4-8-13(14)20-16/h4,6,8,10,12H,3,5,7,9H2,1-2H3,(H,17,18,19). The summed E-state index contributed by atoms with van der Waals surface area (Å²) in [5.74, 6) is 0.970. The lowest BCUT2D eigenvalue weighted by Crippen LogP contribution is -2.27. The van der Waals surface area contributed by atoms with Gasteiger partial charge in [0.15, 0.2) is 5.13 Å². The molecule has 1 aliphatic carbocycles. The van der Waals surface area contributed by atoms with Crippen molar-refractivity contribution in [1.29, 1.82) is 0 Å². The molecule has 2 atom stereocenters. The number of nitrogens with zero attached hydrogens (tertiary/aromatic N) is 1. The van der Waals surface area contributed by atoms with Gasteiger partial charge in [-0.2, -0.15) is 0 Å². The van der Waals surface area contributed by atoms with Crippen molar-refractivity contribution in [3.05, 3.63) is 23.8 Å². The van der Waals surface area contributed by atoms with Gasteiger partial charge < -0.3 is 5.32 Å². The lowest BCUT2D eigenvalue weighted by atomic mass is 9.82. The Labute approximate surface area is 123 Å². The van der Waals surface area contributed by atoms with Crippen LogP contribution < -0.4 is 5.32 Å². The van der Waals surface area contributed by atoms with E-state index in [1.165, 1.54) is 6.42 Å². The second-order valence-corrected chi connectivity index (χ2v) is 6.93. The highest BCUT2D eigenvalue weighted by Crippen LogP contribution is 2.31. The van der Waals surface area contributed by atoms with E-state index in [2.05, 4.69) is 36.3 Å². The Morgan fingerprint density at radius 2 is 2.25 bits per heavy atom. The third kappa shape index (κ3) is 2.70. The van der Waals surface area contributed by atoms with Gasteiger partial charge in [0.25, 0.3) is 0 Å². The average Bonchev–Trinajstić information content (AvgIpc) is 2.83. The number of nitrogens with one attached hydrogen (secondary N) is 1. The summed E-state index contributed by atoms with van der Waals surface area (Å²) >= 11 is 1.56. The van der Waals surface area contributed by atoms with Crippen LogP contribution in [0, 0.1) is 18.8 Å². The van der Waals surface area contributed by atoms with Crippen molar-refractivity contribution in [3.63, 3.8) is 0 Å². The lowest BCUT2D eigenvalue weighted by Gasteiger charge is -2.25. The van der Waals surface area contributed by atoms with Crippen LogP contribution in [0.2, 0.25) is 0 Å². The number of aryl methyl sites for hydroxylation is 1. The molecule has 1 saturated carbocycles. The molecule has 0 spiro atoms. The Hall–Kier alpha value is -1.42. The SMILES string of the molecule is Cc1cccc2sc(NC(=O)C3CCCC(C)C3)nc12. The topological polar surface area (TPSA) is 42.0 Å². The minimum absolute atomic E-state index is 0.147. The van der Waals surface area contributed by atoms with Gasteiger partial charge in [0.2, 0.25) is 5.91 Å². The zero-order valence-electron chi connectivity index (χ0n) is 12.0. The number of benzene rings is 1. The molecule has 1 aromatic carbocycles. The first-order valence-electron chi connectivity index (χ1n) is 7.30. The van der Waals surface area contributed by atoms with Crippen LogP contribution in [-0.4, -0.2) is 10.9 Å². The Morgan fingerprint density at radius 3 is 3.00 bits per heavy atom. The molecule has 0 bridgehead atoms. The maximum atomic E-state index is 12.3. The molecule has 0 radical (unpaired) electrons. The summed E-state index contributed by atoms with van der Waals surface area (Å²) in [7, 11) is 0. The third-order valence-electron chi connectivity index (χ3n) is 4.16. The quantitative estimate of drug-likeness (QED) is 0.891. The highest BCUT2D eigenvalue weighted by molar-refractivity contribution is 7.22. The van der Waals surface area contributed by atoms with Crippen LogP contribution in [0.3, 0.4) is 0 Å². The van der Waals surface area contributed by atoms with Gasteiger partial charge in [0, 0.05) is 5.92 Å². The number of aromatic nitrogens is 1. The van der Waals surface area contributed by atoms with Gasteiger partial charge >= 0.3 is 0 Å². The first-order chi connectivity index (χ1) is 9.63. The molecule has 1 aliphatic rings. The molecular formula is C16H20N2OS. The molecule has 1 N–H and O–H groups in total. The van der Waals surface area contributed by atoms with Gasteiger partial charge in [-0.05, 0) is 37.3 Å². The summed E-state index contributed by atoms with van der Waals surface area (Å²) in [6.07, 6.45) is 4.44. The van der Waals surface area contributed by atoms with Gasteiger partial charge in [-0.3, -0.25) is 4.79 Å². The van der Waals surface area contributed by atoms with Gasteiger partial charge in [-0.1, -0.05) is 43.2 Å². The first kappa shape index (κ1) is 13.6. The van der Waals surface area contributed by atoms with Crippen LogP contribution in [0.5, 0.6) is 0 Å². The molecule has 1 fully saturated rings. The van der Waals surface area contributed by atoms with Crippen LogP contribution in [-0.2, 0) is 4.79 Å². The number of thiazole rings is 1. The monoisotopic (exact) mass is 288 g/mol. The van der Waals surface area contributed by atoms with E-state index in [1.54, 1.807) is 11.3 Å². The number of hydrogen-bond donors (Lipinski definition) is 1. The minimum atomic E-state index is 0.147. The zero-order chi connectivity index (χ0) is 14.1. The molecule has 20 heavy (non-hydrogen) atoms. The number of amides is 1.